The Morgan fingerprint density at radius 1 is 0.582 bits per heavy atom. The molecule has 0 bridgehead atoms. The van der Waals surface area contributed by atoms with E-state index in [4.69, 9.17) is 34.4 Å². The van der Waals surface area contributed by atoms with Gasteiger partial charge in [-0.15, -0.1) is 0 Å². The van der Waals surface area contributed by atoms with Crippen molar-refractivity contribution in [2.24, 2.45) is 50.3 Å². The van der Waals surface area contributed by atoms with Crippen LogP contribution in [0.1, 0.15) is 69.9 Å². The molecule has 0 spiro atoms. The molecular formula is C45H67N15O7. The number of nitrogens with one attached hydrogen (secondary N) is 7. The van der Waals surface area contributed by atoms with Crippen LogP contribution in [0.3, 0.4) is 0 Å². The van der Waals surface area contributed by atoms with Crippen LogP contribution in [0.4, 0.5) is 0 Å². The van der Waals surface area contributed by atoms with Gasteiger partial charge >= 0.3 is 5.97 Å². The number of carbonyl (C=O) groups excluding carboxylic acids is 5. The minimum atomic E-state index is -1.33. The number of carboxylic acids is 1. The Kier molecular flexibility index (Phi) is 20.4. The van der Waals surface area contributed by atoms with Crippen molar-refractivity contribution in [3.05, 3.63) is 72.1 Å². The van der Waals surface area contributed by atoms with Crippen LogP contribution >= 0.6 is 0 Å². The molecule has 0 aliphatic rings. The molecular weight excluding hydrogens is 863 g/mol. The molecule has 0 unspecified atom stereocenters. The van der Waals surface area contributed by atoms with Gasteiger partial charge in [-0.25, -0.2) is 4.79 Å². The van der Waals surface area contributed by atoms with Gasteiger partial charge in [0, 0.05) is 60.1 Å². The molecule has 5 amide bonds. The van der Waals surface area contributed by atoms with Crippen molar-refractivity contribution in [3.8, 4) is 0 Å². The van der Waals surface area contributed by atoms with Crippen LogP contribution in [-0.2, 0) is 41.6 Å². The zero-order chi connectivity index (χ0) is 49.0. The van der Waals surface area contributed by atoms with Crippen molar-refractivity contribution in [2.45, 2.75) is 108 Å². The van der Waals surface area contributed by atoms with Crippen LogP contribution < -0.4 is 61.0 Å². The fraction of sp³-hybridized carbons (Fsp3) is 0.467. The van der Waals surface area contributed by atoms with E-state index in [2.05, 4.69) is 46.5 Å². The van der Waals surface area contributed by atoms with Gasteiger partial charge in [0.1, 0.15) is 30.2 Å². The average molecular weight is 930 g/mol. The van der Waals surface area contributed by atoms with E-state index >= 15 is 0 Å². The zero-order valence-corrected chi connectivity index (χ0v) is 38.1. The molecule has 364 valence electrons. The Labute approximate surface area is 388 Å². The third-order valence-electron chi connectivity index (χ3n) is 11.2. The van der Waals surface area contributed by atoms with Gasteiger partial charge in [-0.3, -0.25) is 34.0 Å². The standard InChI is InChI=1S/C45H67N15O7/c1-25(2)37(43(66)67)60-42(65)36(22-27-24-55-32-15-6-4-12-29(27)32)59-40(63)34(17-10-20-53-45(50)51)56-39(62)33(16-9-19-52-44(48)49)57-41(64)35(58-38(61)30(47)13-7-8-18-46)21-26-23-54-31-14-5-3-11-28(26)31/h3-6,11-12,14-15,23-25,30,33-37,54-55H,7-10,13,16-22,46-47H2,1-2H3,(H,56,62)(H,57,64)(H,58,61)(H,59,63)(H,60,65)(H,66,67)(H4,48,49,52)(H4,50,51,53)/t30-,33-,34-,35-,36-,37-/m0/s1. The highest BCUT2D eigenvalue weighted by Crippen LogP contribution is 2.21. The molecule has 4 rings (SSSR count). The molecule has 4 aromatic rings. The lowest BCUT2D eigenvalue weighted by Crippen LogP contribution is -2.60. The average Bonchev–Trinajstić information content (AvgIpc) is 3.90. The first-order valence-corrected chi connectivity index (χ1v) is 22.4. The number of rotatable bonds is 28. The summed E-state index contributed by atoms with van der Waals surface area (Å²) < 4.78 is 0. The fourth-order valence-corrected chi connectivity index (χ4v) is 7.51. The zero-order valence-electron chi connectivity index (χ0n) is 38.1. The topological polar surface area (TPSA) is 395 Å². The number of aliphatic carboxylic acids is 1. The van der Waals surface area contributed by atoms with Gasteiger partial charge < -0.3 is 76.1 Å². The Morgan fingerprint density at radius 3 is 1.43 bits per heavy atom. The molecule has 2 aromatic heterocycles. The summed E-state index contributed by atoms with van der Waals surface area (Å²) >= 11 is 0. The van der Waals surface area contributed by atoms with Gasteiger partial charge in [-0.05, 0) is 74.2 Å². The molecule has 0 saturated carbocycles. The summed E-state index contributed by atoms with van der Waals surface area (Å²) in [6.45, 7) is 3.88. The number of aromatic amines is 2. The fourth-order valence-electron chi connectivity index (χ4n) is 7.51. The highest BCUT2D eigenvalue weighted by atomic mass is 16.4. The van der Waals surface area contributed by atoms with Crippen LogP contribution in [0.2, 0.25) is 0 Å². The quantitative estimate of drug-likeness (QED) is 0.0188. The molecule has 0 aliphatic heterocycles. The number of benzene rings is 2. The first kappa shape index (κ1) is 52.4. The summed E-state index contributed by atoms with van der Waals surface area (Å²) in [6, 6.07) is 7.43. The Morgan fingerprint density at radius 2 is 1.00 bits per heavy atom. The molecule has 0 saturated heterocycles. The maximum Gasteiger partial charge on any atom is 0.326 e. The Balaban J connectivity index is 1.66. The summed E-state index contributed by atoms with van der Waals surface area (Å²) in [7, 11) is 0. The van der Waals surface area contributed by atoms with Gasteiger partial charge in [0.25, 0.3) is 0 Å². The molecule has 0 radical (unpaired) electrons. The summed E-state index contributed by atoms with van der Waals surface area (Å²) in [5.41, 5.74) is 37.1. The van der Waals surface area contributed by atoms with E-state index in [0.29, 0.717) is 36.9 Å². The van der Waals surface area contributed by atoms with Gasteiger partial charge in [0.2, 0.25) is 29.5 Å². The maximum absolute atomic E-state index is 14.4. The lowest BCUT2D eigenvalue weighted by molar-refractivity contribution is -0.143. The Bertz CT molecular complexity index is 2350. The normalized spacial score (nSPS) is 13.9. The van der Waals surface area contributed by atoms with E-state index in [9.17, 15) is 33.9 Å². The second-order valence-corrected chi connectivity index (χ2v) is 16.7. The summed E-state index contributed by atoms with van der Waals surface area (Å²) in [6.07, 6.45) is 5.34. The molecule has 0 fully saturated rings. The van der Waals surface area contributed by atoms with Crippen molar-refractivity contribution < 1.29 is 33.9 Å². The van der Waals surface area contributed by atoms with Gasteiger partial charge in [0.05, 0.1) is 6.04 Å². The molecule has 6 atom stereocenters. The lowest BCUT2D eigenvalue weighted by Gasteiger charge is -2.27. The molecule has 22 nitrogen and oxygen atoms in total. The van der Waals surface area contributed by atoms with Crippen molar-refractivity contribution in [2.75, 3.05) is 19.6 Å². The highest BCUT2D eigenvalue weighted by molar-refractivity contribution is 5.97. The number of unbranched alkanes of at least 4 members (excludes halogenated alkanes) is 1. The maximum atomic E-state index is 14.4. The number of aliphatic imine (C=N–C) groups is 2. The van der Waals surface area contributed by atoms with Crippen LogP contribution in [-0.4, -0.2) is 118 Å². The largest absolute Gasteiger partial charge is 0.480 e. The van der Waals surface area contributed by atoms with Crippen LogP contribution in [0, 0.1) is 5.92 Å². The van der Waals surface area contributed by atoms with E-state index in [-0.39, 0.29) is 63.5 Å². The molecule has 0 aliphatic carbocycles. The number of hydrogen-bond donors (Lipinski definition) is 14. The lowest BCUT2D eigenvalue weighted by atomic mass is 10.0. The highest BCUT2D eigenvalue weighted by Gasteiger charge is 2.34. The van der Waals surface area contributed by atoms with Crippen molar-refractivity contribution in [1.82, 2.24) is 36.6 Å². The predicted molar refractivity (Wildman–Crippen MR) is 257 cm³/mol. The van der Waals surface area contributed by atoms with E-state index in [1.54, 1.807) is 26.2 Å². The van der Waals surface area contributed by atoms with Crippen LogP contribution in [0.25, 0.3) is 21.8 Å². The van der Waals surface area contributed by atoms with E-state index < -0.39 is 77.7 Å². The van der Waals surface area contributed by atoms with E-state index in [1.165, 1.54) is 0 Å². The van der Waals surface area contributed by atoms with Crippen molar-refractivity contribution >= 4 is 69.2 Å². The number of para-hydroxylation sites is 2. The summed E-state index contributed by atoms with van der Waals surface area (Å²) in [4.78, 5) is 97.1. The van der Waals surface area contributed by atoms with E-state index in [1.807, 2.05) is 48.5 Å². The smallest absolute Gasteiger partial charge is 0.326 e. The van der Waals surface area contributed by atoms with Gasteiger partial charge in [-0.1, -0.05) is 56.7 Å². The summed E-state index contributed by atoms with van der Waals surface area (Å²) in [5, 5.41) is 25.1. The SMILES string of the molecule is CC(C)[C@H](NC(=O)[C@H](Cc1c[nH]c2ccccc12)NC(=O)[C@H](CCCN=C(N)N)NC(=O)[C@H](CCCN=C(N)N)NC(=O)[C@H](Cc1c[nH]c2ccccc12)NC(=O)[C@@H](N)CCCCN)C(=O)O. The number of carboxylic acid groups (broad SMARTS) is 1. The third-order valence-corrected chi connectivity index (χ3v) is 11.2. The third kappa shape index (κ3) is 16.3. The number of nitrogens with two attached hydrogens (primary N) is 6. The number of hydrogen-bond acceptors (Lipinski definition) is 10. The molecule has 2 aromatic carbocycles. The second kappa shape index (κ2) is 26.1. The number of carbonyl (C=O) groups is 6. The number of aromatic nitrogens is 2. The van der Waals surface area contributed by atoms with Crippen LogP contribution in [0.15, 0.2) is 70.9 Å². The monoisotopic (exact) mass is 930 g/mol. The first-order valence-electron chi connectivity index (χ1n) is 22.4. The minimum Gasteiger partial charge on any atom is -0.480 e. The molecule has 67 heavy (non-hydrogen) atoms. The number of fused-ring (bicyclic) bond motifs is 2. The van der Waals surface area contributed by atoms with Crippen molar-refractivity contribution in [3.63, 3.8) is 0 Å². The number of H-pyrrole nitrogens is 2. The second-order valence-electron chi connectivity index (χ2n) is 16.7. The summed E-state index contributed by atoms with van der Waals surface area (Å²) in [5.74, 6) is -5.73. The van der Waals surface area contributed by atoms with Crippen LogP contribution in [0.5, 0.6) is 0 Å². The number of amides is 5. The minimum absolute atomic E-state index is 0.0135. The number of nitrogens with zero attached hydrogens (tertiary/aromatic N) is 2. The first-order chi connectivity index (χ1) is 32.0. The predicted octanol–water partition coefficient (Wildman–Crippen LogP) is -0.838. The van der Waals surface area contributed by atoms with Gasteiger partial charge in [-0.2, -0.15) is 0 Å². The van der Waals surface area contributed by atoms with Crippen molar-refractivity contribution in [1.29, 1.82) is 0 Å². The molecule has 2 heterocycles. The van der Waals surface area contributed by atoms with Gasteiger partial charge in [0.15, 0.2) is 11.9 Å². The molecule has 20 N–H and O–H groups in total. The molecule has 22 heteroatoms. The number of guanidine groups is 2. The Hall–Kier alpha value is -7.20. The van der Waals surface area contributed by atoms with E-state index in [0.717, 1.165) is 21.8 Å².